The predicted octanol–water partition coefficient (Wildman–Crippen LogP) is 2.76. The molecule has 1 aliphatic rings. The lowest BCUT2D eigenvalue weighted by Crippen LogP contribution is -2.42. The number of aromatic nitrogens is 1. The highest BCUT2D eigenvalue weighted by atomic mass is 32.1. The zero-order valence-electron chi connectivity index (χ0n) is 11.5. The number of amides is 2. The molecule has 110 valence electrons. The van der Waals surface area contributed by atoms with Gasteiger partial charge in [-0.25, -0.2) is 0 Å². The van der Waals surface area contributed by atoms with E-state index in [1.807, 2.05) is 24.4 Å². The standard InChI is InChI=1S/C14H15N3O2S2/c1-9-8-12(21-16-9)15-13(18)10-4-2-6-17(10)14(19)11-5-3-7-20-11/h3,5,7-8,10H,2,4,6H2,1H3,(H,15,18)/t10-/m0/s1. The number of likely N-dealkylation sites (tertiary alicyclic amines) is 1. The van der Waals surface area contributed by atoms with E-state index in [0.29, 0.717) is 17.8 Å². The van der Waals surface area contributed by atoms with Gasteiger partial charge in [0.15, 0.2) is 0 Å². The first-order valence-electron chi connectivity index (χ1n) is 6.74. The molecule has 0 aliphatic carbocycles. The third-order valence-corrected chi connectivity index (χ3v) is 5.08. The number of rotatable bonds is 3. The van der Waals surface area contributed by atoms with Crippen molar-refractivity contribution in [2.75, 3.05) is 11.9 Å². The summed E-state index contributed by atoms with van der Waals surface area (Å²) < 4.78 is 4.14. The van der Waals surface area contributed by atoms with Crippen LogP contribution in [0.1, 0.15) is 28.2 Å². The Morgan fingerprint density at radius 1 is 1.48 bits per heavy atom. The molecule has 0 unspecified atom stereocenters. The van der Waals surface area contributed by atoms with Crippen LogP contribution in [0.4, 0.5) is 5.00 Å². The highest BCUT2D eigenvalue weighted by Crippen LogP contribution is 2.24. The Morgan fingerprint density at radius 3 is 3.00 bits per heavy atom. The lowest BCUT2D eigenvalue weighted by molar-refractivity contribution is -0.119. The molecule has 7 heteroatoms. The van der Waals surface area contributed by atoms with E-state index in [4.69, 9.17) is 0 Å². The minimum atomic E-state index is -0.387. The molecule has 1 saturated heterocycles. The number of hydrogen-bond donors (Lipinski definition) is 1. The Labute approximate surface area is 130 Å². The summed E-state index contributed by atoms with van der Waals surface area (Å²) in [7, 11) is 0. The largest absolute Gasteiger partial charge is 0.326 e. The van der Waals surface area contributed by atoms with Crippen molar-refractivity contribution in [2.24, 2.45) is 0 Å². The van der Waals surface area contributed by atoms with Gasteiger partial charge in [0.1, 0.15) is 11.0 Å². The summed E-state index contributed by atoms with van der Waals surface area (Å²) >= 11 is 2.67. The first-order chi connectivity index (χ1) is 10.1. The Kier molecular flexibility index (Phi) is 4.03. The summed E-state index contributed by atoms with van der Waals surface area (Å²) in [6.45, 7) is 2.52. The second kappa shape index (κ2) is 5.95. The Hall–Kier alpha value is -1.73. The van der Waals surface area contributed by atoms with Crippen molar-refractivity contribution in [3.05, 3.63) is 34.2 Å². The lowest BCUT2D eigenvalue weighted by Gasteiger charge is -2.23. The number of aryl methyl sites for hydroxylation is 1. The van der Waals surface area contributed by atoms with E-state index in [1.165, 1.54) is 22.9 Å². The van der Waals surface area contributed by atoms with Crippen LogP contribution in [0.2, 0.25) is 0 Å². The third kappa shape index (κ3) is 2.98. The molecule has 0 radical (unpaired) electrons. The molecule has 1 N–H and O–H groups in total. The van der Waals surface area contributed by atoms with Crippen molar-refractivity contribution in [3.63, 3.8) is 0 Å². The van der Waals surface area contributed by atoms with Crippen LogP contribution in [0.3, 0.4) is 0 Å². The maximum Gasteiger partial charge on any atom is 0.264 e. The van der Waals surface area contributed by atoms with Crippen molar-refractivity contribution < 1.29 is 9.59 Å². The van der Waals surface area contributed by atoms with Crippen LogP contribution < -0.4 is 5.32 Å². The first-order valence-corrected chi connectivity index (χ1v) is 8.39. The van der Waals surface area contributed by atoms with Crippen molar-refractivity contribution >= 4 is 39.7 Å². The quantitative estimate of drug-likeness (QED) is 0.945. The predicted molar refractivity (Wildman–Crippen MR) is 83.9 cm³/mol. The lowest BCUT2D eigenvalue weighted by atomic mass is 10.2. The van der Waals surface area contributed by atoms with Gasteiger partial charge in [-0.3, -0.25) is 9.59 Å². The normalized spacial score (nSPS) is 18.0. The van der Waals surface area contributed by atoms with Gasteiger partial charge in [-0.1, -0.05) is 6.07 Å². The molecule has 0 saturated carbocycles. The summed E-state index contributed by atoms with van der Waals surface area (Å²) in [4.78, 5) is 27.2. The van der Waals surface area contributed by atoms with E-state index < -0.39 is 0 Å². The smallest absolute Gasteiger partial charge is 0.264 e. The molecule has 5 nitrogen and oxygen atoms in total. The van der Waals surface area contributed by atoms with E-state index in [-0.39, 0.29) is 17.9 Å². The number of carbonyl (C=O) groups is 2. The molecule has 1 fully saturated rings. The SMILES string of the molecule is Cc1cc(NC(=O)[C@@H]2CCCN2C(=O)c2cccs2)sn1. The number of nitrogens with one attached hydrogen (secondary N) is 1. The third-order valence-electron chi connectivity index (χ3n) is 3.42. The van der Waals surface area contributed by atoms with Gasteiger partial charge in [-0.2, -0.15) is 4.37 Å². The van der Waals surface area contributed by atoms with Crippen molar-refractivity contribution in [2.45, 2.75) is 25.8 Å². The number of nitrogens with zero attached hydrogens (tertiary/aromatic N) is 2. The molecule has 3 heterocycles. The van der Waals surface area contributed by atoms with Crippen LogP contribution in [-0.2, 0) is 4.79 Å². The van der Waals surface area contributed by atoms with Gasteiger partial charge in [-0.15, -0.1) is 11.3 Å². The average molecular weight is 321 g/mol. The van der Waals surface area contributed by atoms with Crippen LogP contribution >= 0.6 is 22.9 Å². The molecule has 1 atom stereocenters. The van der Waals surface area contributed by atoms with Crippen molar-refractivity contribution in [3.8, 4) is 0 Å². The molecule has 3 rings (SSSR count). The average Bonchev–Trinajstić information content (AvgIpc) is 3.19. The summed E-state index contributed by atoms with van der Waals surface area (Å²) in [5.41, 5.74) is 0.883. The zero-order valence-corrected chi connectivity index (χ0v) is 13.2. The summed E-state index contributed by atoms with van der Waals surface area (Å²) in [5, 5.41) is 5.46. The first kappa shape index (κ1) is 14.2. The molecule has 2 aromatic heterocycles. The van der Waals surface area contributed by atoms with Gasteiger partial charge in [-0.05, 0) is 48.8 Å². The molecule has 1 aliphatic heterocycles. The van der Waals surface area contributed by atoms with Crippen LogP contribution in [0.25, 0.3) is 0 Å². The zero-order chi connectivity index (χ0) is 14.8. The van der Waals surface area contributed by atoms with Gasteiger partial charge in [0.25, 0.3) is 5.91 Å². The topological polar surface area (TPSA) is 62.3 Å². The number of carbonyl (C=O) groups excluding carboxylic acids is 2. The highest BCUT2D eigenvalue weighted by molar-refractivity contribution is 7.12. The molecule has 2 amide bonds. The fourth-order valence-corrected chi connectivity index (χ4v) is 3.79. The molecule has 21 heavy (non-hydrogen) atoms. The molecule has 0 spiro atoms. The van der Waals surface area contributed by atoms with Crippen molar-refractivity contribution in [1.82, 2.24) is 9.27 Å². The van der Waals surface area contributed by atoms with Crippen LogP contribution in [-0.4, -0.2) is 33.7 Å². The molecule has 0 bridgehead atoms. The minimum Gasteiger partial charge on any atom is -0.326 e. The maximum atomic E-state index is 12.4. The second-order valence-electron chi connectivity index (χ2n) is 4.96. The van der Waals surface area contributed by atoms with Gasteiger partial charge >= 0.3 is 0 Å². The molecule has 2 aromatic rings. The van der Waals surface area contributed by atoms with Crippen molar-refractivity contribution in [1.29, 1.82) is 0 Å². The summed E-state index contributed by atoms with van der Waals surface area (Å²) in [5.74, 6) is -0.177. The van der Waals surface area contributed by atoms with Crippen LogP contribution in [0.15, 0.2) is 23.6 Å². The Morgan fingerprint density at radius 2 is 2.33 bits per heavy atom. The fourth-order valence-electron chi connectivity index (χ4n) is 2.45. The molecule has 0 aromatic carbocycles. The number of thiophene rings is 1. The van der Waals surface area contributed by atoms with Gasteiger partial charge in [0.05, 0.1) is 10.6 Å². The van der Waals surface area contributed by atoms with Crippen LogP contribution in [0.5, 0.6) is 0 Å². The van der Waals surface area contributed by atoms with Gasteiger partial charge < -0.3 is 10.2 Å². The Bertz CT molecular complexity index is 651. The van der Waals surface area contributed by atoms with E-state index in [1.54, 1.807) is 11.0 Å². The van der Waals surface area contributed by atoms with Gasteiger partial charge in [0.2, 0.25) is 5.91 Å². The maximum absolute atomic E-state index is 12.4. The highest BCUT2D eigenvalue weighted by Gasteiger charge is 2.35. The summed E-state index contributed by atoms with van der Waals surface area (Å²) in [6.07, 6.45) is 1.57. The number of hydrogen-bond acceptors (Lipinski definition) is 5. The Balaban J connectivity index is 1.71. The van der Waals surface area contributed by atoms with Crippen LogP contribution in [0, 0.1) is 6.92 Å². The van der Waals surface area contributed by atoms with E-state index in [9.17, 15) is 9.59 Å². The minimum absolute atomic E-state index is 0.0527. The van der Waals surface area contributed by atoms with E-state index >= 15 is 0 Å². The monoisotopic (exact) mass is 321 g/mol. The second-order valence-corrected chi connectivity index (χ2v) is 6.71. The van der Waals surface area contributed by atoms with Gasteiger partial charge in [0, 0.05) is 6.54 Å². The fraction of sp³-hybridized carbons (Fsp3) is 0.357. The molecular formula is C14H15N3O2S2. The molecular weight excluding hydrogens is 306 g/mol. The van der Waals surface area contributed by atoms with E-state index in [0.717, 1.165) is 17.1 Å². The summed E-state index contributed by atoms with van der Waals surface area (Å²) in [6, 6.07) is 5.10. The number of anilines is 1. The van der Waals surface area contributed by atoms with E-state index in [2.05, 4.69) is 9.69 Å².